The van der Waals surface area contributed by atoms with E-state index in [4.69, 9.17) is 52.1 Å². The first-order valence-electron chi connectivity index (χ1n) is 27.2. The summed E-state index contributed by atoms with van der Waals surface area (Å²) in [4.78, 5) is 122. The normalized spacial score (nSPS) is 16.6. The highest BCUT2D eigenvalue weighted by molar-refractivity contribution is 14.1. The van der Waals surface area contributed by atoms with Crippen molar-refractivity contribution in [3.63, 3.8) is 0 Å². The van der Waals surface area contributed by atoms with Gasteiger partial charge in [-0.05, 0) is 78.6 Å². The Balaban J connectivity index is 0.000000362. The molecule has 27 heteroatoms. The predicted molar refractivity (Wildman–Crippen MR) is 306 cm³/mol. The number of ether oxygens (including phenoxy) is 11. The van der Waals surface area contributed by atoms with E-state index >= 15 is 0 Å². The number of phenolic OH excluding ortho intramolecular Hbond substituents is 1. The van der Waals surface area contributed by atoms with Crippen LogP contribution in [0.1, 0.15) is 129 Å². The third-order valence-electron chi connectivity index (χ3n) is 11.6. The third kappa shape index (κ3) is 24.9. The number of rotatable bonds is 32. The largest absolute Gasteiger partial charge is 0.507 e. The smallest absolute Gasteiger partial charge is 0.308 e. The van der Waals surface area contributed by atoms with Crippen LogP contribution in [0.15, 0.2) is 36.4 Å². The molecule has 0 bridgehead atoms. The first-order valence-corrected chi connectivity index (χ1v) is 28.7. The summed E-state index contributed by atoms with van der Waals surface area (Å²) in [5, 5.41) is 14.0. The average Bonchev–Trinajstić information content (AvgIpc) is 1.83. The maximum Gasteiger partial charge on any atom is 0.308 e. The van der Waals surface area contributed by atoms with Crippen molar-refractivity contribution in [2.75, 3.05) is 117 Å². The molecule has 2 atom stereocenters. The van der Waals surface area contributed by atoms with Gasteiger partial charge in [0.1, 0.15) is 41.4 Å². The summed E-state index contributed by atoms with van der Waals surface area (Å²) >= 11 is 2.27. The van der Waals surface area contributed by atoms with Gasteiger partial charge in [0, 0.05) is 17.3 Å². The van der Waals surface area contributed by atoms with Crippen LogP contribution in [0.5, 0.6) is 11.5 Å². The minimum Gasteiger partial charge on any atom is -0.507 e. The third-order valence-corrected chi connectivity index (χ3v) is 12.0. The van der Waals surface area contributed by atoms with Gasteiger partial charge in [-0.3, -0.25) is 68.4 Å². The van der Waals surface area contributed by atoms with Crippen molar-refractivity contribution in [2.24, 2.45) is 0 Å². The van der Waals surface area contributed by atoms with Crippen molar-refractivity contribution in [3.8, 4) is 11.5 Å². The molecule has 4 aliphatic heterocycles. The molecule has 4 aliphatic rings. The van der Waals surface area contributed by atoms with E-state index < -0.39 is 70.5 Å². The lowest BCUT2D eigenvalue weighted by Gasteiger charge is -2.27. The van der Waals surface area contributed by atoms with E-state index in [0.29, 0.717) is 85.9 Å². The molecule has 84 heavy (non-hydrogen) atoms. The number of halogens is 1. The van der Waals surface area contributed by atoms with Crippen molar-refractivity contribution in [2.45, 2.75) is 111 Å². The maximum absolute atomic E-state index is 13.0. The van der Waals surface area contributed by atoms with E-state index in [2.05, 4.69) is 33.2 Å². The minimum absolute atomic E-state index is 0. The predicted octanol–water partition coefficient (Wildman–Crippen LogP) is 3.91. The molecule has 2 aromatic rings. The van der Waals surface area contributed by atoms with Crippen molar-refractivity contribution in [3.05, 3.63) is 58.7 Å². The molecule has 0 aliphatic carbocycles. The number of carbonyl (C=O) groups excluding carboxylic acids is 10. The lowest BCUT2D eigenvalue weighted by Crippen LogP contribution is -2.54. The van der Waals surface area contributed by atoms with Gasteiger partial charge in [-0.15, -0.1) is 0 Å². The molecule has 8 amide bonds. The number of benzene rings is 2. The number of imide groups is 4. The molecular formula is C57H81IN4O22. The van der Waals surface area contributed by atoms with Crippen LogP contribution in [0.3, 0.4) is 0 Å². The molecule has 2 unspecified atom stereocenters. The number of hydrogen-bond donors (Lipinski definition) is 3. The fraction of sp³-hybridized carbons (Fsp3) is 0.614. The number of piperidine rings is 2. The molecule has 0 radical (unpaired) electrons. The summed E-state index contributed by atoms with van der Waals surface area (Å²) in [5.41, 5.74) is -0.722. The number of alkyl halides is 1. The molecule has 0 spiro atoms. The molecule has 2 saturated heterocycles. The molecule has 0 aromatic heterocycles. The number of phenols is 1. The second-order valence-corrected chi connectivity index (χ2v) is 21.5. The molecule has 2 aromatic carbocycles. The fourth-order valence-electron chi connectivity index (χ4n) is 7.99. The Morgan fingerprint density at radius 2 is 0.845 bits per heavy atom. The Labute approximate surface area is 502 Å². The zero-order valence-corrected chi connectivity index (χ0v) is 50.0. The topological polar surface area (TPSA) is 323 Å². The zero-order chi connectivity index (χ0) is 61.0. The van der Waals surface area contributed by atoms with Crippen LogP contribution in [0.2, 0.25) is 0 Å². The van der Waals surface area contributed by atoms with Crippen LogP contribution in [-0.2, 0) is 76.1 Å². The molecule has 4 heterocycles. The van der Waals surface area contributed by atoms with Gasteiger partial charge in [0.05, 0.1) is 141 Å². The summed E-state index contributed by atoms with van der Waals surface area (Å²) in [6.45, 7) is 18.2. The van der Waals surface area contributed by atoms with Gasteiger partial charge >= 0.3 is 11.9 Å². The van der Waals surface area contributed by atoms with Gasteiger partial charge in [-0.2, -0.15) is 0 Å². The van der Waals surface area contributed by atoms with E-state index in [-0.39, 0.29) is 111 Å². The standard InChI is InChI=1S/C28H38N2O11.C15H29IO6.C13H10N2O5.CH4/c1-28(2,3)41-23(32)9-10-36-11-12-37-13-14-38-15-16-39-17-18-40-21-6-4-5-19-24(21)27(35)30(26(19)34)20-7-8-22(31)29-25(20)33;1-15(2,3)22-14(17)4-6-18-8-10-20-12-13-21-11-9-19-7-5-16;16-8-3-1-2-6-10(8)13(20)15(12(6)19)7-4-5-9(17)14-11(7)18;/h4-6,20H,7-18H2,1-3H3,(H,29,31,33);4-13H2,1-3H3;1-3,7,16H,4-5H2,(H,14,17,18);1H4. The summed E-state index contributed by atoms with van der Waals surface area (Å²) in [6.07, 6.45) is 0.749. The SMILES string of the molecule is C.CC(C)(C)OC(=O)CCOCCOCCOCCOCCI.CC(C)(C)OC(=O)CCOCCOCCOCCOCCOc1cccc2c1C(=O)N(C1CCC(=O)NC1=O)C2=O.O=C1CCC(N2C(=O)c3cccc(O)c3C2=O)C(=O)N1. The van der Waals surface area contributed by atoms with Crippen LogP contribution < -0.4 is 15.4 Å². The van der Waals surface area contributed by atoms with Crippen LogP contribution in [0, 0.1) is 0 Å². The Kier molecular flexibility index (Phi) is 32.1. The monoisotopic (exact) mass is 1300 g/mol. The number of nitrogens with zero attached hydrogens (tertiary/aromatic N) is 2. The van der Waals surface area contributed by atoms with Gasteiger partial charge < -0.3 is 57.2 Å². The highest BCUT2D eigenvalue weighted by Crippen LogP contribution is 2.35. The number of carbonyl (C=O) groups is 10. The quantitative estimate of drug-likeness (QED) is 0.0307. The van der Waals surface area contributed by atoms with Crippen LogP contribution >= 0.6 is 22.6 Å². The van der Waals surface area contributed by atoms with E-state index in [1.165, 1.54) is 24.3 Å². The van der Waals surface area contributed by atoms with E-state index in [9.17, 15) is 53.1 Å². The lowest BCUT2D eigenvalue weighted by atomic mass is 10.0. The van der Waals surface area contributed by atoms with E-state index in [1.807, 2.05) is 41.5 Å². The van der Waals surface area contributed by atoms with Gasteiger partial charge in [0.15, 0.2) is 0 Å². The second kappa shape index (κ2) is 37.4. The Bertz CT molecular complexity index is 2530. The number of hydrogen-bond acceptors (Lipinski definition) is 22. The van der Waals surface area contributed by atoms with Crippen LogP contribution in [0.4, 0.5) is 0 Å². The fourth-order valence-corrected chi connectivity index (χ4v) is 8.30. The van der Waals surface area contributed by atoms with Crippen molar-refractivity contribution < 1.29 is 105 Å². The highest BCUT2D eigenvalue weighted by Gasteiger charge is 2.47. The minimum atomic E-state index is -1.04. The Hall–Kier alpha value is -6.05. The van der Waals surface area contributed by atoms with Crippen LogP contribution in [0.25, 0.3) is 0 Å². The second-order valence-electron chi connectivity index (χ2n) is 20.4. The van der Waals surface area contributed by atoms with E-state index in [0.717, 1.165) is 20.8 Å². The molecular weight excluding hydrogens is 1220 g/mol. The number of nitrogens with one attached hydrogen (secondary N) is 2. The van der Waals surface area contributed by atoms with Gasteiger partial charge in [0.2, 0.25) is 23.6 Å². The van der Waals surface area contributed by atoms with Gasteiger partial charge in [-0.25, -0.2) is 0 Å². The number of amides is 8. The van der Waals surface area contributed by atoms with Crippen molar-refractivity contribution in [1.29, 1.82) is 0 Å². The molecule has 26 nitrogen and oxygen atoms in total. The van der Waals surface area contributed by atoms with E-state index in [1.54, 1.807) is 12.1 Å². The lowest BCUT2D eigenvalue weighted by molar-refractivity contribution is -0.157. The first-order chi connectivity index (χ1) is 39.5. The number of aromatic hydroxyl groups is 1. The summed E-state index contributed by atoms with van der Waals surface area (Å²) < 4.78 is 60.0. The number of fused-ring (bicyclic) bond motifs is 2. The summed E-state index contributed by atoms with van der Waals surface area (Å²) in [5.74, 6) is -5.36. The van der Waals surface area contributed by atoms with Gasteiger partial charge in [0.25, 0.3) is 23.6 Å². The van der Waals surface area contributed by atoms with Crippen molar-refractivity contribution >= 4 is 81.8 Å². The molecule has 468 valence electrons. The Morgan fingerprint density at radius 1 is 0.500 bits per heavy atom. The highest BCUT2D eigenvalue weighted by atomic mass is 127. The molecule has 3 N–H and O–H groups in total. The number of esters is 2. The van der Waals surface area contributed by atoms with Crippen molar-refractivity contribution in [1.82, 2.24) is 20.4 Å². The van der Waals surface area contributed by atoms with Gasteiger partial charge in [-0.1, -0.05) is 42.2 Å². The Morgan fingerprint density at radius 3 is 1.21 bits per heavy atom. The summed E-state index contributed by atoms with van der Waals surface area (Å²) in [6, 6.07) is 6.80. The first kappa shape index (κ1) is 72.2. The summed E-state index contributed by atoms with van der Waals surface area (Å²) in [7, 11) is 0. The molecule has 2 fully saturated rings. The zero-order valence-electron chi connectivity index (χ0n) is 47.9. The molecule has 6 rings (SSSR count). The maximum atomic E-state index is 13.0. The van der Waals surface area contributed by atoms with Crippen LogP contribution in [-0.4, -0.2) is 214 Å². The average molecular weight is 1300 g/mol. The molecule has 0 saturated carbocycles.